The van der Waals surface area contributed by atoms with Gasteiger partial charge in [0, 0.05) is 27.8 Å². The van der Waals surface area contributed by atoms with Crippen molar-refractivity contribution in [2.45, 2.75) is 32.1 Å². The molecular weight excluding hydrogens is 344 g/mol. The third-order valence-corrected chi connectivity index (χ3v) is 5.38. The number of benzene rings is 2. The lowest BCUT2D eigenvalue weighted by Crippen LogP contribution is -2.18. The predicted molar refractivity (Wildman–Crippen MR) is 108 cm³/mol. The Morgan fingerprint density at radius 2 is 1.96 bits per heavy atom. The Labute approximate surface area is 158 Å². The summed E-state index contributed by atoms with van der Waals surface area (Å²) in [6.45, 7) is 5.71. The molecule has 0 saturated carbocycles. The molecule has 1 N–H and O–H groups in total. The molecule has 0 atom stereocenters. The number of hydrogen-bond acceptors (Lipinski definition) is 4. The highest BCUT2D eigenvalue weighted by Gasteiger charge is 2.21. The van der Waals surface area contributed by atoms with Crippen LogP contribution in [0, 0.1) is 12.8 Å². The number of anilines is 1. The zero-order valence-corrected chi connectivity index (χ0v) is 16.0. The topological polar surface area (TPSA) is 58.5 Å². The summed E-state index contributed by atoms with van der Waals surface area (Å²) < 4.78 is 0. The maximum Gasteiger partial charge on any atom is 0.226 e. The molecule has 0 spiro atoms. The van der Waals surface area contributed by atoms with Crippen LogP contribution in [-0.2, 0) is 4.79 Å². The van der Waals surface area contributed by atoms with Gasteiger partial charge in [-0.1, -0.05) is 38.1 Å². The van der Waals surface area contributed by atoms with Crippen molar-refractivity contribution in [1.29, 1.82) is 0 Å². The highest BCUT2D eigenvalue weighted by atomic mass is 32.2. The minimum absolute atomic E-state index is 0.00668. The average Bonchev–Trinajstić information content (AvgIpc) is 2.62. The first kappa shape index (κ1) is 18.4. The predicted octanol–water partition coefficient (Wildman–Crippen LogP) is 5.04. The number of aliphatic imine (C=N–C) groups is 1. The molecule has 0 aliphatic carbocycles. The van der Waals surface area contributed by atoms with Crippen molar-refractivity contribution < 1.29 is 9.59 Å². The zero-order valence-electron chi connectivity index (χ0n) is 15.2. The Bertz CT molecular complexity index is 887. The van der Waals surface area contributed by atoms with Gasteiger partial charge < -0.3 is 5.32 Å². The van der Waals surface area contributed by atoms with E-state index in [1.54, 1.807) is 11.8 Å². The number of hydrogen-bond donors (Lipinski definition) is 1. The molecule has 1 amide bonds. The molecule has 0 unspecified atom stereocenters. The number of para-hydroxylation sites is 2. The zero-order chi connectivity index (χ0) is 18.7. The number of nitrogens with one attached hydrogen (secondary N) is 1. The van der Waals surface area contributed by atoms with Gasteiger partial charge in [0.15, 0.2) is 5.78 Å². The number of aryl methyl sites for hydroxylation is 1. The van der Waals surface area contributed by atoms with Crippen molar-refractivity contribution in [3.63, 3.8) is 0 Å². The number of carbonyl (C=O) groups excluding carboxylic acids is 2. The second-order valence-corrected chi connectivity index (χ2v) is 7.70. The number of rotatable bonds is 5. The van der Waals surface area contributed by atoms with E-state index in [0.29, 0.717) is 17.7 Å². The van der Waals surface area contributed by atoms with Crippen molar-refractivity contribution >= 4 is 40.5 Å². The van der Waals surface area contributed by atoms with Crippen LogP contribution in [0.2, 0.25) is 0 Å². The van der Waals surface area contributed by atoms with E-state index in [2.05, 4.69) is 5.32 Å². The van der Waals surface area contributed by atoms with Gasteiger partial charge in [0.25, 0.3) is 0 Å². The van der Waals surface area contributed by atoms with Gasteiger partial charge in [-0.05, 0) is 30.7 Å². The van der Waals surface area contributed by atoms with Crippen LogP contribution in [0.15, 0.2) is 52.4 Å². The van der Waals surface area contributed by atoms with Gasteiger partial charge in [0.05, 0.1) is 17.8 Å². The van der Waals surface area contributed by atoms with Crippen LogP contribution in [0.4, 0.5) is 11.4 Å². The van der Waals surface area contributed by atoms with E-state index in [1.807, 2.05) is 63.2 Å². The van der Waals surface area contributed by atoms with E-state index < -0.39 is 0 Å². The summed E-state index contributed by atoms with van der Waals surface area (Å²) in [6, 6.07) is 13.4. The molecular formula is C21H22N2O2S. The number of ketones is 1. The van der Waals surface area contributed by atoms with Crippen LogP contribution in [-0.4, -0.2) is 23.2 Å². The molecule has 0 aromatic heterocycles. The van der Waals surface area contributed by atoms with Crippen LogP contribution in [0.5, 0.6) is 0 Å². The van der Waals surface area contributed by atoms with Gasteiger partial charge in [0.2, 0.25) is 5.91 Å². The molecule has 5 heteroatoms. The van der Waals surface area contributed by atoms with Crippen LogP contribution in [0.3, 0.4) is 0 Å². The third kappa shape index (κ3) is 4.05. The molecule has 26 heavy (non-hydrogen) atoms. The third-order valence-electron chi connectivity index (χ3n) is 4.24. The lowest BCUT2D eigenvalue weighted by Gasteiger charge is -2.17. The molecule has 0 saturated heterocycles. The van der Waals surface area contributed by atoms with E-state index in [1.165, 1.54) is 0 Å². The molecule has 0 fully saturated rings. The summed E-state index contributed by atoms with van der Waals surface area (Å²) in [4.78, 5) is 30.1. The molecule has 4 nitrogen and oxygen atoms in total. The molecule has 1 aliphatic rings. The van der Waals surface area contributed by atoms with Gasteiger partial charge in [-0.2, -0.15) is 0 Å². The fourth-order valence-corrected chi connectivity index (χ4v) is 3.67. The number of amides is 1. The van der Waals surface area contributed by atoms with Crippen LogP contribution in [0.1, 0.15) is 36.2 Å². The number of thioether (sulfide) groups is 1. The molecule has 0 radical (unpaired) electrons. The Kier molecular flexibility index (Phi) is 5.57. The van der Waals surface area contributed by atoms with Crippen molar-refractivity contribution in [3.8, 4) is 0 Å². The van der Waals surface area contributed by atoms with E-state index in [0.717, 1.165) is 27.5 Å². The number of Topliss-reactive ketones (excluding diaryl/α,β-unsaturated/α-hetero) is 1. The maximum atomic E-state index is 12.4. The fourth-order valence-electron chi connectivity index (χ4n) is 2.73. The highest BCUT2D eigenvalue weighted by Crippen LogP contribution is 2.32. The Balaban J connectivity index is 1.77. The maximum absolute atomic E-state index is 12.4. The fraction of sp³-hybridized carbons (Fsp3) is 0.286. The van der Waals surface area contributed by atoms with Crippen molar-refractivity contribution in [3.05, 3.63) is 53.6 Å². The average molecular weight is 366 g/mol. The van der Waals surface area contributed by atoms with Crippen LogP contribution in [0.25, 0.3) is 0 Å². The van der Waals surface area contributed by atoms with E-state index in [4.69, 9.17) is 4.99 Å². The molecule has 1 aliphatic heterocycles. The summed E-state index contributed by atoms with van der Waals surface area (Å²) >= 11 is 1.59. The molecule has 3 rings (SSSR count). The lowest BCUT2D eigenvalue weighted by atomic mass is 9.98. The van der Waals surface area contributed by atoms with Gasteiger partial charge in [-0.15, -0.1) is 11.8 Å². The van der Waals surface area contributed by atoms with E-state index in [9.17, 15) is 9.59 Å². The monoisotopic (exact) mass is 366 g/mol. The second kappa shape index (κ2) is 7.87. The van der Waals surface area contributed by atoms with Crippen LogP contribution < -0.4 is 5.32 Å². The smallest absolute Gasteiger partial charge is 0.226 e. The van der Waals surface area contributed by atoms with Crippen LogP contribution >= 0.6 is 11.8 Å². The number of fused-ring (bicyclic) bond motifs is 1. The molecule has 134 valence electrons. The molecule has 0 bridgehead atoms. The van der Waals surface area contributed by atoms with Crippen molar-refractivity contribution in [1.82, 2.24) is 0 Å². The molecule has 2 aromatic rings. The summed E-state index contributed by atoms with van der Waals surface area (Å²) in [5.41, 5.74) is 4.19. The highest BCUT2D eigenvalue weighted by molar-refractivity contribution is 8.00. The Morgan fingerprint density at radius 3 is 2.73 bits per heavy atom. The molecule has 2 aromatic carbocycles. The van der Waals surface area contributed by atoms with Gasteiger partial charge in [-0.25, -0.2) is 0 Å². The molecule has 1 heterocycles. The second-order valence-electron chi connectivity index (χ2n) is 6.68. The standard InChI is InChI=1S/C21H22N2O2S/c1-13(2)21(25)23-17-9-4-5-10-19(17)26-12-15-11-18(24)16-8-6-7-14(3)20(16)22-15/h4-10,13H,11-12H2,1-3H3,(H,23,25). The minimum Gasteiger partial charge on any atom is -0.325 e. The van der Waals surface area contributed by atoms with E-state index in [-0.39, 0.29) is 17.6 Å². The van der Waals surface area contributed by atoms with Crippen molar-refractivity contribution in [2.24, 2.45) is 10.9 Å². The Morgan fingerprint density at radius 1 is 1.19 bits per heavy atom. The lowest BCUT2D eigenvalue weighted by molar-refractivity contribution is -0.118. The summed E-state index contributed by atoms with van der Waals surface area (Å²) in [5.74, 6) is 0.657. The first-order valence-electron chi connectivity index (χ1n) is 8.67. The quantitative estimate of drug-likeness (QED) is 0.754. The first-order chi connectivity index (χ1) is 12.5. The van der Waals surface area contributed by atoms with E-state index >= 15 is 0 Å². The number of nitrogens with zero attached hydrogens (tertiary/aromatic N) is 1. The SMILES string of the molecule is Cc1cccc2c1N=C(CSc1ccccc1NC(=O)C(C)C)CC2=O. The normalized spacial score (nSPS) is 13.4. The van der Waals surface area contributed by atoms with Gasteiger partial charge in [0.1, 0.15) is 0 Å². The first-order valence-corrected chi connectivity index (χ1v) is 9.66. The minimum atomic E-state index is -0.0760. The largest absolute Gasteiger partial charge is 0.325 e. The van der Waals surface area contributed by atoms with Gasteiger partial charge in [-0.3, -0.25) is 14.6 Å². The van der Waals surface area contributed by atoms with Crippen molar-refractivity contribution in [2.75, 3.05) is 11.1 Å². The summed E-state index contributed by atoms with van der Waals surface area (Å²) in [7, 11) is 0. The summed E-state index contributed by atoms with van der Waals surface area (Å²) in [6.07, 6.45) is 0.351. The summed E-state index contributed by atoms with van der Waals surface area (Å²) in [5, 5.41) is 2.96. The number of carbonyl (C=O) groups is 2. The van der Waals surface area contributed by atoms with Gasteiger partial charge >= 0.3 is 0 Å². The Hall–Kier alpha value is -2.40.